The standard InChI is InChI=1S/C14H21NO3S/c1-4-19(18)13-8-6-5-7-11(13)14(17)15-12(9-16)10(2)3/h5-8,10,12,16H,4,9H2,1-3H3,(H,15,17)/t12-,19+/m1/s1. The maximum atomic E-state index is 12.2. The van der Waals surface area contributed by atoms with Crippen molar-refractivity contribution in [1.29, 1.82) is 0 Å². The minimum absolute atomic E-state index is 0.109. The Bertz CT molecular complexity index is 460. The average Bonchev–Trinajstić information content (AvgIpc) is 2.43. The predicted octanol–water partition coefficient (Wildman–Crippen LogP) is 1.56. The summed E-state index contributed by atoms with van der Waals surface area (Å²) in [5.41, 5.74) is 0.418. The second-order valence-corrected chi connectivity index (χ2v) is 6.35. The molecule has 2 atom stereocenters. The van der Waals surface area contributed by atoms with Crippen molar-refractivity contribution >= 4 is 16.7 Å². The van der Waals surface area contributed by atoms with Crippen molar-refractivity contribution in [3.8, 4) is 0 Å². The zero-order chi connectivity index (χ0) is 14.4. The third-order valence-corrected chi connectivity index (χ3v) is 4.33. The fourth-order valence-corrected chi connectivity index (χ4v) is 2.62. The number of carbonyl (C=O) groups excluding carboxylic acids is 1. The molecule has 106 valence electrons. The number of hydrogen-bond acceptors (Lipinski definition) is 3. The van der Waals surface area contributed by atoms with Gasteiger partial charge in [-0.15, -0.1) is 0 Å². The Morgan fingerprint density at radius 3 is 2.53 bits per heavy atom. The van der Waals surface area contributed by atoms with E-state index < -0.39 is 10.8 Å². The number of amides is 1. The van der Waals surface area contributed by atoms with E-state index in [2.05, 4.69) is 5.32 Å². The van der Waals surface area contributed by atoms with Crippen molar-refractivity contribution < 1.29 is 14.1 Å². The van der Waals surface area contributed by atoms with E-state index in [1.54, 1.807) is 24.3 Å². The van der Waals surface area contributed by atoms with Crippen molar-refractivity contribution in [2.75, 3.05) is 12.4 Å². The first-order chi connectivity index (χ1) is 9.01. The molecule has 0 heterocycles. The van der Waals surface area contributed by atoms with Crippen LogP contribution in [0.15, 0.2) is 29.2 Å². The van der Waals surface area contributed by atoms with E-state index in [-0.39, 0.29) is 24.5 Å². The van der Waals surface area contributed by atoms with Crippen molar-refractivity contribution in [3.05, 3.63) is 29.8 Å². The Balaban J connectivity index is 2.97. The van der Waals surface area contributed by atoms with Gasteiger partial charge in [-0.1, -0.05) is 32.9 Å². The fourth-order valence-electron chi connectivity index (χ4n) is 1.68. The molecule has 0 aliphatic carbocycles. The lowest BCUT2D eigenvalue weighted by Crippen LogP contribution is -2.41. The van der Waals surface area contributed by atoms with Gasteiger partial charge in [-0.2, -0.15) is 0 Å². The molecule has 0 aromatic heterocycles. The van der Waals surface area contributed by atoms with Crippen LogP contribution in [0.25, 0.3) is 0 Å². The van der Waals surface area contributed by atoms with Gasteiger partial charge >= 0.3 is 0 Å². The molecule has 0 aliphatic rings. The van der Waals surface area contributed by atoms with Crippen molar-refractivity contribution in [1.82, 2.24) is 5.32 Å². The van der Waals surface area contributed by atoms with Crippen molar-refractivity contribution in [2.24, 2.45) is 5.92 Å². The molecule has 5 heteroatoms. The van der Waals surface area contributed by atoms with Crippen LogP contribution in [0.2, 0.25) is 0 Å². The van der Waals surface area contributed by atoms with E-state index in [1.165, 1.54) is 0 Å². The van der Waals surface area contributed by atoms with Gasteiger partial charge in [0.2, 0.25) is 0 Å². The lowest BCUT2D eigenvalue weighted by Gasteiger charge is -2.20. The quantitative estimate of drug-likeness (QED) is 0.832. The molecular formula is C14H21NO3S. The molecule has 0 saturated carbocycles. The van der Waals surface area contributed by atoms with Crippen LogP contribution in [0.4, 0.5) is 0 Å². The Labute approximate surface area is 116 Å². The molecule has 19 heavy (non-hydrogen) atoms. The van der Waals surface area contributed by atoms with Gasteiger partial charge in [0.15, 0.2) is 0 Å². The highest BCUT2D eigenvalue weighted by atomic mass is 32.2. The summed E-state index contributed by atoms with van der Waals surface area (Å²) in [6.45, 7) is 5.56. The molecule has 0 bridgehead atoms. The van der Waals surface area contributed by atoms with Gasteiger partial charge in [-0.25, -0.2) is 0 Å². The van der Waals surface area contributed by atoms with Gasteiger partial charge in [-0.05, 0) is 18.1 Å². The van der Waals surface area contributed by atoms with Gasteiger partial charge in [-0.3, -0.25) is 9.00 Å². The van der Waals surface area contributed by atoms with E-state index in [0.29, 0.717) is 16.2 Å². The normalized spacial score (nSPS) is 14.2. The molecule has 0 spiro atoms. The van der Waals surface area contributed by atoms with E-state index in [9.17, 15) is 14.1 Å². The summed E-state index contributed by atoms with van der Waals surface area (Å²) < 4.78 is 11.9. The monoisotopic (exact) mass is 283 g/mol. The molecule has 0 saturated heterocycles. The SMILES string of the molecule is CC[S@](=O)c1ccccc1C(=O)N[C@H](CO)C(C)C. The number of hydrogen-bond donors (Lipinski definition) is 2. The summed E-state index contributed by atoms with van der Waals surface area (Å²) >= 11 is 0. The molecule has 1 amide bonds. The zero-order valence-corrected chi connectivity index (χ0v) is 12.4. The van der Waals surface area contributed by atoms with Crippen LogP contribution >= 0.6 is 0 Å². The molecule has 4 nitrogen and oxygen atoms in total. The first kappa shape index (κ1) is 15.9. The number of aliphatic hydroxyl groups is 1. The zero-order valence-electron chi connectivity index (χ0n) is 11.6. The molecule has 0 aliphatic heterocycles. The first-order valence-corrected chi connectivity index (χ1v) is 7.72. The molecule has 0 unspecified atom stereocenters. The number of aliphatic hydroxyl groups excluding tert-OH is 1. The highest BCUT2D eigenvalue weighted by Gasteiger charge is 2.19. The lowest BCUT2D eigenvalue weighted by atomic mass is 10.0. The van der Waals surface area contributed by atoms with Crippen molar-refractivity contribution in [3.63, 3.8) is 0 Å². The Kier molecular flexibility index (Phi) is 6.18. The third kappa shape index (κ3) is 4.14. The topological polar surface area (TPSA) is 66.4 Å². The predicted molar refractivity (Wildman–Crippen MR) is 76.6 cm³/mol. The maximum Gasteiger partial charge on any atom is 0.252 e. The van der Waals surface area contributed by atoms with Gasteiger partial charge < -0.3 is 10.4 Å². The Morgan fingerprint density at radius 2 is 2.00 bits per heavy atom. The minimum atomic E-state index is -1.17. The third-order valence-electron chi connectivity index (χ3n) is 2.96. The van der Waals surface area contributed by atoms with Crippen molar-refractivity contribution in [2.45, 2.75) is 31.7 Å². The van der Waals surface area contributed by atoms with Gasteiger partial charge in [0.25, 0.3) is 5.91 Å². The van der Waals surface area contributed by atoms with Crippen LogP contribution < -0.4 is 5.32 Å². The van der Waals surface area contributed by atoms with E-state index >= 15 is 0 Å². The van der Waals surface area contributed by atoms with Gasteiger partial charge in [0.1, 0.15) is 0 Å². The number of rotatable bonds is 6. The first-order valence-electron chi connectivity index (χ1n) is 6.40. The molecular weight excluding hydrogens is 262 g/mol. The summed E-state index contributed by atoms with van der Waals surface area (Å²) in [6, 6.07) is 6.58. The molecule has 0 radical (unpaired) electrons. The summed E-state index contributed by atoms with van der Waals surface area (Å²) in [7, 11) is -1.17. The largest absolute Gasteiger partial charge is 0.394 e. The Morgan fingerprint density at radius 1 is 1.37 bits per heavy atom. The summed E-state index contributed by atoms with van der Waals surface area (Å²) in [5.74, 6) is 0.320. The van der Waals surface area contributed by atoms with E-state index in [1.807, 2.05) is 20.8 Å². The molecule has 1 rings (SSSR count). The van der Waals surface area contributed by atoms with Gasteiger partial charge in [0, 0.05) is 5.75 Å². The number of benzene rings is 1. The highest BCUT2D eigenvalue weighted by Crippen LogP contribution is 2.14. The smallest absolute Gasteiger partial charge is 0.252 e. The van der Waals surface area contributed by atoms with Crippen LogP contribution in [-0.2, 0) is 10.8 Å². The summed E-state index contributed by atoms with van der Waals surface area (Å²) in [4.78, 5) is 12.7. The molecule has 0 fully saturated rings. The molecule has 1 aromatic rings. The van der Waals surface area contributed by atoms with Crippen LogP contribution in [0.1, 0.15) is 31.1 Å². The summed E-state index contributed by atoms with van der Waals surface area (Å²) in [5, 5.41) is 12.0. The molecule has 2 N–H and O–H groups in total. The maximum absolute atomic E-state index is 12.2. The van der Waals surface area contributed by atoms with Gasteiger partial charge in [0.05, 0.1) is 33.9 Å². The minimum Gasteiger partial charge on any atom is -0.394 e. The fraction of sp³-hybridized carbons (Fsp3) is 0.500. The average molecular weight is 283 g/mol. The highest BCUT2D eigenvalue weighted by molar-refractivity contribution is 7.85. The van der Waals surface area contributed by atoms with Crippen LogP contribution in [-0.4, -0.2) is 33.6 Å². The van der Waals surface area contributed by atoms with E-state index in [0.717, 1.165) is 0 Å². The van der Waals surface area contributed by atoms with Crippen LogP contribution in [0, 0.1) is 5.92 Å². The van der Waals surface area contributed by atoms with E-state index in [4.69, 9.17) is 0 Å². The number of carbonyl (C=O) groups is 1. The van der Waals surface area contributed by atoms with Crippen LogP contribution in [0.5, 0.6) is 0 Å². The second-order valence-electron chi connectivity index (χ2n) is 4.64. The molecule has 1 aromatic carbocycles. The lowest BCUT2D eigenvalue weighted by molar-refractivity contribution is 0.0893. The van der Waals surface area contributed by atoms with Crippen LogP contribution in [0.3, 0.4) is 0 Å². The Hall–Kier alpha value is -1.20. The summed E-state index contributed by atoms with van der Waals surface area (Å²) in [6.07, 6.45) is 0. The second kappa shape index (κ2) is 7.40. The number of nitrogens with one attached hydrogen (secondary N) is 1.